The van der Waals surface area contributed by atoms with Crippen LogP contribution in [0.25, 0.3) is 5.57 Å². The van der Waals surface area contributed by atoms with Gasteiger partial charge < -0.3 is 35.3 Å². The molecule has 1 saturated heterocycles. The number of halogens is 1. The fraction of sp³-hybridized carbons (Fsp3) is 0.345. The Bertz CT molecular complexity index is 1560. The van der Waals surface area contributed by atoms with Crippen molar-refractivity contribution >= 4 is 69.0 Å². The van der Waals surface area contributed by atoms with Gasteiger partial charge in [0.2, 0.25) is 5.95 Å². The fourth-order valence-electron chi connectivity index (χ4n) is 5.02. The molecule has 2 heterocycles. The molecule has 0 amide bonds. The summed E-state index contributed by atoms with van der Waals surface area (Å²) in [6.45, 7) is 6.37. The minimum atomic E-state index is -2.53. The number of ether oxygens (including phenoxy) is 2. The van der Waals surface area contributed by atoms with Crippen molar-refractivity contribution in [3.8, 4) is 5.75 Å². The summed E-state index contributed by atoms with van der Waals surface area (Å²) in [6.07, 6.45) is 7.00. The topological polar surface area (TPSA) is 127 Å². The largest absolute Gasteiger partial charge is 0.494 e. The summed E-state index contributed by atoms with van der Waals surface area (Å²) in [5.41, 5.74) is 12.7. The molecule has 0 spiro atoms. The maximum Gasteiger partial charge on any atom is 0.229 e. The Morgan fingerprint density at radius 2 is 1.88 bits per heavy atom. The smallest absolute Gasteiger partial charge is 0.229 e. The highest BCUT2D eigenvalue weighted by Gasteiger charge is 2.24. The molecule has 0 unspecified atom stereocenters. The maximum absolute atomic E-state index is 13.1. The molecule has 41 heavy (non-hydrogen) atoms. The van der Waals surface area contributed by atoms with E-state index in [1.807, 2.05) is 12.1 Å². The summed E-state index contributed by atoms with van der Waals surface area (Å²) in [7, 11) is 0.815. The molecule has 0 atom stereocenters. The number of methoxy groups -OCH3 is 1. The van der Waals surface area contributed by atoms with Gasteiger partial charge in [-0.3, -0.25) is 4.99 Å². The van der Waals surface area contributed by atoms with E-state index in [1.54, 1.807) is 46.1 Å². The molecule has 3 aromatic rings. The van der Waals surface area contributed by atoms with E-state index in [9.17, 15) is 4.57 Å². The van der Waals surface area contributed by atoms with Crippen LogP contribution in [0.1, 0.15) is 16.7 Å². The molecule has 4 N–H and O–H groups in total. The summed E-state index contributed by atoms with van der Waals surface area (Å²) < 4.78 is 25.2. The predicted molar refractivity (Wildman–Crippen MR) is 172 cm³/mol. The van der Waals surface area contributed by atoms with Gasteiger partial charge in [-0.05, 0) is 71.4 Å². The van der Waals surface area contributed by atoms with E-state index in [2.05, 4.69) is 53.6 Å². The Labute approximate surface area is 249 Å². The van der Waals surface area contributed by atoms with Gasteiger partial charge in [-0.1, -0.05) is 0 Å². The van der Waals surface area contributed by atoms with Gasteiger partial charge >= 0.3 is 0 Å². The predicted octanol–water partition coefficient (Wildman–Crippen LogP) is 4.92. The van der Waals surface area contributed by atoms with Crippen LogP contribution in [0, 0.1) is 0 Å². The molecule has 5 rings (SSSR count). The van der Waals surface area contributed by atoms with Crippen molar-refractivity contribution in [2.24, 2.45) is 10.7 Å². The first-order valence-corrected chi connectivity index (χ1v) is 16.8. The van der Waals surface area contributed by atoms with E-state index in [4.69, 9.17) is 20.2 Å². The summed E-state index contributed by atoms with van der Waals surface area (Å²) >= 11 is 3.57. The summed E-state index contributed by atoms with van der Waals surface area (Å²) in [6, 6.07) is 8.12. The number of nitrogens with zero attached hydrogens (tertiary/aromatic N) is 4. The minimum absolute atomic E-state index is 0.364. The highest BCUT2D eigenvalue weighted by atomic mass is 79.9. The van der Waals surface area contributed by atoms with Crippen LogP contribution in [0.2, 0.25) is 0 Å². The Morgan fingerprint density at radius 3 is 2.51 bits per heavy atom. The van der Waals surface area contributed by atoms with E-state index >= 15 is 0 Å². The van der Waals surface area contributed by atoms with Gasteiger partial charge in [0.05, 0.1) is 36.2 Å². The normalized spacial score (nSPS) is 15.4. The highest BCUT2D eigenvalue weighted by Crippen LogP contribution is 2.42. The molecule has 2 aromatic carbocycles. The molecular weight excluding hydrogens is 605 g/mol. The molecule has 12 heteroatoms. The van der Waals surface area contributed by atoms with Crippen molar-refractivity contribution in [1.29, 1.82) is 0 Å². The molecule has 2 aliphatic rings. The van der Waals surface area contributed by atoms with Crippen LogP contribution >= 0.6 is 23.1 Å². The standard InChI is InChI=1S/C29H35BrN7O3P/c1-32-16-20(15-31)21-13-23(26(39-2)14-25(21)37-7-9-40-10-8-37)35-29-33-17-22(30)28(36-29)34-24-11-18-5-6-19(18)12-27(24)41(3,4)38/h11-17H,5-10,31H2,1-4H3,(H2,33,34,35,36). The van der Waals surface area contributed by atoms with Crippen molar-refractivity contribution < 1.29 is 14.0 Å². The van der Waals surface area contributed by atoms with Gasteiger partial charge in [0.25, 0.3) is 0 Å². The zero-order chi connectivity index (χ0) is 29.1. The lowest BCUT2D eigenvalue weighted by Gasteiger charge is -2.31. The van der Waals surface area contributed by atoms with E-state index < -0.39 is 7.14 Å². The van der Waals surface area contributed by atoms with Crippen LogP contribution in [0.15, 0.2) is 46.1 Å². The van der Waals surface area contributed by atoms with E-state index in [0.717, 1.165) is 53.7 Å². The number of hydrogen-bond donors (Lipinski definition) is 3. The number of anilines is 5. The third kappa shape index (κ3) is 6.27. The molecule has 10 nitrogen and oxygen atoms in total. The number of nitrogens with one attached hydrogen (secondary N) is 2. The average molecular weight is 641 g/mol. The summed E-state index contributed by atoms with van der Waals surface area (Å²) in [5, 5.41) is 7.55. The van der Waals surface area contributed by atoms with Crippen molar-refractivity contribution in [2.75, 3.05) is 69.3 Å². The van der Waals surface area contributed by atoms with Crippen LogP contribution in [0.5, 0.6) is 5.75 Å². The van der Waals surface area contributed by atoms with Gasteiger partial charge in [-0.25, -0.2) is 4.98 Å². The van der Waals surface area contributed by atoms with Crippen LogP contribution in [-0.4, -0.2) is 70.0 Å². The lowest BCUT2D eigenvalue weighted by molar-refractivity contribution is 0.122. The number of benzene rings is 2. The molecule has 1 aliphatic heterocycles. The number of allylic oxidation sites excluding steroid dienone is 1. The molecule has 1 aromatic heterocycles. The Balaban J connectivity index is 1.52. The summed E-state index contributed by atoms with van der Waals surface area (Å²) in [5.74, 6) is 1.55. The first-order valence-electron chi connectivity index (χ1n) is 13.4. The molecule has 216 valence electrons. The number of nitrogens with two attached hydrogens (primary N) is 1. The van der Waals surface area contributed by atoms with Crippen LogP contribution < -0.4 is 31.3 Å². The third-order valence-corrected chi connectivity index (χ3v) is 9.34. The van der Waals surface area contributed by atoms with Crippen LogP contribution in [0.4, 0.5) is 28.8 Å². The number of aliphatic imine (C=N–C) groups is 1. The second-order valence-electron chi connectivity index (χ2n) is 10.3. The molecule has 1 aliphatic carbocycles. The third-order valence-electron chi connectivity index (χ3n) is 7.23. The number of fused-ring (bicyclic) bond motifs is 1. The van der Waals surface area contributed by atoms with E-state index in [0.29, 0.717) is 40.9 Å². The van der Waals surface area contributed by atoms with E-state index in [1.165, 1.54) is 11.1 Å². The van der Waals surface area contributed by atoms with Crippen molar-refractivity contribution in [2.45, 2.75) is 12.8 Å². The lowest BCUT2D eigenvalue weighted by Crippen LogP contribution is -2.36. The second kappa shape index (κ2) is 12.2. The Kier molecular flexibility index (Phi) is 8.68. The fourth-order valence-corrected chi connectivity index (χ4v) is 6.47. The quantitative estimate of drug-likeness (QED) is 0.221. The molecule has 0 bridgehead atoms. The van der Waals surface area contributed by atoms with Crippen molar-refractivity contribution in [1.82, 2.24) is 9.97 Å². The minimum Gasteiger partial charge on any atom is -0.494 e. The van der Waals surface area contributed by atoms with Gasteiger partial charge in [-0.2, -0.15) is 4.98 Å². The van der Waals surface area contributed by atoms with Crippen molar-refractivity contribution in [3.05, 3.63) is 57.8 Å². The number of hydrogen-bond acceptors (Lipinski definition) is 10. The average Bonchev–Trinajstić information content (AvgIpc) is 2.94. The molecule has 1 fully saturated rings. The molecule has 0 saturated carbocycles. The van der Waals surface area contributed by atoms with E-state index in [-0.39, 0.29) is 0 Å². The van der Waals surface area contributed by atoms with Gasteiger partial charge in [-0.15, -0.1) is 0 Å². The number of aryl methyl sites for hydroxylation is 2. The van der Waals surface area contributed by atoms with Crippen LogP contribution in [0.3, 0.4) is 0 Å². The first-order chi connectivity index (χ1) is 19.7. The van der Waals surface area contributed by atoms with Gasteiger partial charge in [0, 0.05) is 66.9 Å². The first kappa shape index (κ1) is 29.1. The zero-order valence-electron chi connectivity index (χ0n) is 23.7. The summed E-state index contributed by atoms with van der Waals surface area (Å²) in [4.78, 5) is 15.7. The Hall–Kier alpha value is -3.40. The Morgan fingerprint density at radius 1 is 1.15 bits per heavy atom. The lowest BCUT2D eigenvalue weighted by atomic mass is 9.88. The van der Waals surface area contributed by atoms with Crippen LogP contribution in [-0.2, 0) is 22.1 Å². The van der Waals surface area contributed by atoms with Crippen molar-refractivity contribution in [3.63, 3.8) is 0 Å². The zero-order valence-corrected chi connectivity index (χ0v) is 26.2. The molecular formula is C29H35BrN7O3P. The number of morpholine rings is 1. The monoisotopic (exact) mass is 639 g/mol. The maximum atomic E-state index is 13.1. The number of rotatable bonds is 9. The molecule has 0 radical (unpaired) electrons. The van der Waals surface area contributed by atoms with Gasteiger partial charge in [0.1, 0.15) is 18.7 Å². The SMILES string of the molecule is CN=CC(=CN)c1cc(Nc2ncc(Br)c(Nc3cc4c(cc3P(C)(C)=O)CC4)n2)c(OC)cc1N1CCOCC1. The number of aromatic nitrogens is 2. The highest BCUT2D eigenvalue weighted by molar-refractivity contribution is 9.10. The second-order valence-corrected chi connectivity index (χ2v) is 14.3. The van der Waals surface area contributed by atoms with Gasteiger partial charge in [0.15, 0.2) is 0 Å².